The first-order chi connectivity index (χ1) is 4.84. The van der Waals surface area contributed by atoms with Gasteiger partial charge in [0.15, 0.2) is 0 Å². The van der Waals surface area contributed by atoms with E-state index < -0.39 is 0 Å². The van der Waals surface area contributed by atoms with Crippen molar-refractivity contribution in [2.75, 3.05) is 0 Å². The van der Waals surface area contributed by atoms with Crippen molar-refractivity contribution in [3.63, 3.8) is 0 Å². The highest BCUT2D eigenvalue weighted by molar-refractivity contribution is 5.10. The summed E-state index contributed by atoms with van der Waals surface area (Å²) in [6.07, 6.45) is 5.56. The van der Waals surface area contributed by atoms with E-state index in [0.29, 0.717) is 11.8 Å². The summed E-state index contributed by atoms with van der Waals surface area (Å²) >= 11 is 0. The van der Waals surface area contributed by atoms with E-state index in [4.69, 9.17) is 0 Å². The Bertz CT molecular complexity index is 153. The van der Waals surface area contributed by atoms with Crippen LogP contribution in [0.15, 0.2) is 12.7 Å². The van der Waals surface area contributed by atoms with E-state index in [1.165, 1.54) is 12.8 Å². The second kappa shape index (κ2) is 2.09. The van der Waals surface area contributed by atoms with Crippen molar-refractivity contribution in [2.45, 2.75) is 25.4 Å². The van der Waals surface area contributed by atoms with E-state index in [-0.39, 0.29) is 6.10 Å². The lowest BCUT2D eigenvalue weighted by atomic mass is 9.98. The molecule has 2 aliphatic rings. The molecule has 0 radical (unpaired) electrons. The van der Waals surface area contributed by atoms with Crippen molar-refractivity contribution in [2.24, 2.45) is 17.8 Å². The predicted molar refractivity (Wildman–Crippen MR) is 40.5 cm³/mol. The van der Waals surface area contributed by atoms with Crippen LogP contribution in [0, 0.1) is 17.8 Å². The summed E-state index contributed by atoms with van der Waals surface area (Å²) in [7, 11) is 0. The minimum absolute atomic E-state index is 0.0123. The molecule has 2 saturated carbocycles. The van der Waals surface area contributed by atoms with Crippen LogP contribution in [0.3, 0.4) is 0 Å². The zero-order valence-electron chi connectivity index (χ0n) is 6.16. The number of allylic oxidation sites excluding steroid dienone is 1. The van der Waals surface area contributed by atoms with Crippen LogP contribution in [0.25, 0.3) is 0 Å². The molecule has 1 unspecified atom stereocenters. The van der Waals surface area contributed by atoms with Crippen molar-refractivity contribution in [3.05, 3.63) is 12.7 Å². The molecule has 10 heavy (non-hydrogen) atoms. The van der Waals surface area contributed by atoms with Crippen LogP contribution in [-0.4, -0.2) is 11.2 Å². The third-order valence-corrected chi connectivity index (χ3v) is 3.05. The Hall–Kier alpha value is -0.300. The van der Waals surface area contributed by atoms with E-state index in [0.717, 1.165) is 12.3 Å². The van der Waals surface area contributed by atoms with E-state index in [2.05, 4.69) is 6.58 Å². The highest BCUT2D eigenvalue weighted by Crippen LogP contribution is 2.55. The van der Waals surface area contributed by atoms with E-state index in [9.17, 15) is 5.11 Å². The standard InChI is InChI=1S/C9H14O/c1-2-6-7-4-3-5-8(10)9(6)7/h2,6-10H,1,3-5H2/t6?,7-,8+,9+/m0/s1. The van der Waals surface area contributed by atoms with E-state index >= 15 is 0 Å². The Morgan fingerprint density at radius 2 is 2.20 bits per heavy atom. The summed E-state index contributed by atoms with van der Waals surface area (Å²) in [6.45, 7) is 3.77. The number of rotatable bonds is 1. The summed E-state index contributed by atoms with van der Waals surface area (Å²) in [4.78, 5) is 0. The van der Waals surface area contributed by atoms with Gasteiger partial charge in [-0.25, -0.2) is 0 Å². The number of aliphatic hydroxyl groups excluding tert-OH is 1. The van der Waals surface area contributed by atoms with Gasteiger partial charge in [0.25, 0.3) is 0 Å². The van der Waals surface area contributed by atoms with Gasteiger partial charge in [0.1, 0.15) is 0 Å². The van der Waals surface area contributed by atoms with Crippen molar-refractivity contribution < 1.29 is 5.11 Å². The van der Waals surface area contributed by atoms with Crippen LogP contribution in [0.1, 0.15) is 19.3 Å². The lowest BCUT2D eigenvalue weighted by molar-refractivity contribution is 0.114. The van der Waals surface area contributed by atoms with Gasteiger partial charge in [0, 0.05) is 0 Å². The molecular weight excluding hydrogens is 124 g/mol. The zero-order valence-corrected chi connectivity index (χ0v) is 6.16. The average molecular weight is 138 g/mol. The summed E-state index contributed by atoms with van der Waals surface area (Å²) in [6, 6.07) is 0. The number of hydrogen-bond acceptors (Lipinski definition) is 1. The molecule has 0 heterocycles. The Kier molecular flexibility index (Phi) is 1.34. The van der Waals surface area contributed by atoms with E-state index in [1.54, 1.807) is 0 Å². The molecule has 2 rings (SSSR count). The topological polar surface area (TPSA) is 20.2 Å². The summed E-state index contributed by atoms with van der Waals surface area (Å²) in [5.41, 5.74) is 0. The molecule has 2 fully saturated rings. The van der Waals surface area contributed by atoms with Crippen molar-refractivity contribution in [1.29, 1.82) is 0 Å². The van der Waals surface area contributed by atoms with Gasteiger partial charge in [-0.2, -0.15) is 0 Å². The first-order valence-corrected chi connectivity index (χ1v) is 4.15. The highest BCUT2D eigenvalue weighted by atomic mass is 16.3. The molecule has 1 heteroatoms. The molecule has 0 amide bonds. The van der Waals surface area contributed by atoms with Crippen LogP contribution in [-0.2, 0) is 0 Å². The molecule has 0 bridgehead atoms. The molecule has 1 N–H and O–H groups in total. The Morgan fingerprint density at radius 3 is 2.80 bits per heavy atom. The zero-order chi connectivity index (χ0) is 7.14. The summed E-state index contributed by atoms with van der Waals surface area (Å²) in [5, 5.41) is 9.47. The maximum absolute atomic E-state index is 9.47. The van der Waals surface area contributed by atoms with Gasteiger partial charge in [-0.15, -0.1) is 6.58 Å². The molecule has 56 valence electrons. The monoisotopic (exact) mass is 138 g/mol. The second-order valence-electron chi connectivity index (χ2n) is 3.55. The quantitative estimate of drug-likeness (QED) is 0.545. The fourth-order valence-electron chi connectivity index (χ4n) is 2.44. The number of hydrogen-bond donors (Lipinski definition) is 1. The average Bonchev–Trinajstić information content (AvgIpc) is 2.63. The van der Waals surface area contributed by atoms with Gasteiger partial charge in [-0.05, 0) is 30.6 Å². The first-order valence-electron chi connectivity index (χ1n) is 4.15. The van der Waals surface area contributed by atoms with Gasteiger partial charge in [-0.3, -0.25) is 0 Å². The first kappa shape index (κ1) is 6.41. The fourth-order valence-corrected chi connectivity index (χ4v) is 2.44. The lowest BCUT2D eigenvalue weighted by Crippen LogP contribution is -2.14. The molecule has 1 nitrogen and oxygen atoms in total. The SMILES string of the molecule is C=CC1[C@H]2[C@H](O)CCC[C@@H]12. The minimum Gasteiger partial charge on any atom is -0.393 e. The van der Waals surface area contributed by atoms with Crippen molar-refractivity contribution >= 4 is 0 Å². The maximum atomic E-state index is 9.47. The fraction of sp³-hybridized carbons (Fsp3) is 0.778. The third-order valence-electron chi connectivity index (χ3n) is 3.05. The van der Waals surface area contributed by atoms with Gasteiger partial charge in [0.05, 0.1) is 6.10 Å². The Labute approximate surface area is 61.8 Å². The van der Waals surface area contributed by atoms with Crippen molar-refractivity contribution in [3.8, 4) is 0 Å². The van der Waals surface area contributed by atoms with Crippen LogP contribution >= 0.6 is 0 Å². The normalized spacial score (nSPS) is 51.7. The van der Waals surface area contributed by atoms with Gasteiger partial charge in [0.2, 0.25) is 0 Å². The molecular formula is C9H14O. The molecule has 4 atom stereocenters. The van der Waals surface area contributed by atoms with Gasteiger partial charge >= 0.3 is 0 Å². The largest absolute Gasteiger partial charge is 0.393 e. The predicted octanol–water partition coefficient (Wildman–Crippen LogP) is 1.58. The number of fused-ring (bicyclic) bond motifs is 1. The summed E-state index contributed by atoms with van der Waals surface area (Å²) in [5.74, 6) is 2.03. The molecule has 0 spiro atoms. The van der Waals surface area contributed by atoms with Crippen LogP contribution < -0.4 is 0 Å². The molecule has 0 aromatic carbocycles. The van der Waals surface area contributed by atoms with Crippen LogP contribution in [0.5, 0.6) is 0 Å². The second-order valence-corrected chi connectivity index (χ2v) is 3.55. The third kappa shape index (κ3) is 0.734. The van der Waals surface area contributed by atoms with Crippen LogP contribution in [0.2, 0.25) is 0 Å². The molecule has 2 aliphatic carbocycles. The Morgan fingerprint density at radius 1 is 1.40 bits per heavy atom. The van der Waals surface area contributed by atoms with Crippen LogP contribution in [0.4, 0.5) is 0 Å². The van der Waals surface area contributed by atoms with Gasteiger partial charge in [-0.1, -0.05) is 12.5 Å². The Balaban J connectivity index is 2.03. The molecule has 0 aromatic rings. The van der Waals surface area contributed by atoms with Crippen molar-refractivity contribution in [1.82, 2.24) is 0 Å². The molecule has 0 saturated heterocycles. The molecule has 0 aromatic heterocycles. The maximum Gasteiger partial charge on any atom is 0.0577 e. The highest BCUT2D eigenvalue weighted by Gasteiger charge is 2.53. The van der Waals surface area contributed by atoms with E-state index in [1.807, 2.05) is 6.08 Å². The lowest BCUT2D eigenvalue weighted by Gasteiger charge is -2.14. The summed E-state index contributed by atoms with van der Waals surface area (Å²) < 4.78 is 0. The van der Waals surface area contributed by atoms with Gasteiger partial charge < -0.3 is 5.11 Å². The smallest absolute Gasteiger partial charge is 0.0577 e. The minimum atomic E-state index is -0.0123. The molecule has 0 aliphatic heterocycles. The number of aliphatic hydroxyl groups is 1.